The molecule has 0 aromatic heterocycles. The average molecular weight is 268 g/mol. The number of benzene rings is 1. The second-order valence-corrected chi connectivity index (χ2v) is 4.51. The Morgan fingerprint density at radius 3 is 2.89 bits per heavy atom. The first-order valence-electron chi connectivity index (χ1n) is 5.90. The molecule has 1 aromatic carbocycles. The average Bonchev–Trinajstić information content (AvgIpc) is 2.38. The van der Waals surface area contributed by atoms with Crippen molar-refractivity contribution in [2.45, 2.75) is 12.8 Å². The van der Waals surface area contributed by atoms with E-state index in [9.17, 15) is 19.3 Å². The topological polar surface area (TPSA) is 83.7 Å². The van der Waals surface area contributed by atoms with E-state index >= 15 is 0 Å². The number of nitro benzene ring substituents is 1. The first-order valence-corrected chi connectivity index (χ1v) is 5.90. The van der Waals surface area contributed by atoms with E-state index < -0.39 is 22.6 Å². The number of carbonyl (C=O) groups is 1. The van der Waals surface area contributed by atoms with Gasteiger partial charge in [-0.25, -0.2) is 4.39 Å². The minimum atomic E-state index is -0.927. The van der Waals surface area contributed by atoms with E-state index in [4.69, 9.17) is 5.11 Å². The Hall–Kier alpha value is -2.18. The molecule has 1 saturated heterocycles. The molecular formula is C12H13FN2O4. The van der Waals surface area contributed by atoms with Gasteiger partial charge in [0.1, 0.15) is 11.5 Å². The summed E-state index contributed by atoms with van der Waals surface area (Å²) >= 11 is 0. The summed E-state index contributed by atoms with van der Waals surface area (Å²) in [6.07, 6.45) is 1.15. The van der Waals surface area contributed by atoms with Crippen LogP contribution in [0, 0.1) is 21.8 Å². The molecule has 6 nitrogen and oxygen atoms in total. The molecule has 1 aliphatic rings. The van der Waals surface area contributed by atoms with Gasteiger partial charge in [-0.1, -0.05) is 0 Å². The Kier molecular flexibility index (Phi) is 3.64. The molecule has 0 bridgehead atoms. The van der Waals surface area contributed by atoms with Gasteiger partial charge < -0.3 is 10.0 Å². The van der Waals surface area contributed by atoms with E-state index in [1.54, 1.807) is 4.90 Å². The van der Waals surface area contributed by atoms with Gasteiger partial charge in [0.05, 0.1) is 10.8 Å². The molecule has 1 unspecified atom stereocenters. The van der Waals surface area contributed by atoms with Gasteiger partial charge in [-0.15, -0.1) is 0 Å². The number of hydrogen-bond acceptors (Lipinski definition) is 4. The first kappa shape index (κ1) is 13.3. The van der Waals surface area contributed by atoms with Crippen molar-refractivity contribution in [2.24, 2.45) is 5.92 Å². The van der Waals surface area contributed by atoms with Crippen molar-refractivity contribution in [3.05, 3.63) is 34.1 Å². The van der Waals surface area contributed by atoms with Crippen LogP contribution in [0.25, 0.3) is 0 Å². The lowest BCUT2D eigenvalue weighted by molar-refractivity contribution is -0.384. The fourth-order valence-electron chi connectivity index (χ4n) is 2.30. The number of aliphatic carboxylic acids is 1. The molecule has 2 rings (SSSR count). The lowest BCUT2D eigenvalue weighted by Gasteiger charge is -2.32. The zero-order valence-electron chi connectivity index (χ0n) is 10.1. The maximum absolute atomic E-state index is 13.3. The molecule has 102 valence electrons. The van der Waals surface area contributed by atoms with Gasteiger partial charge in [0.2, 0.25) is 0 Å². The number of hydrogen-bond donors (Lipinski definition) is 1. The summed E-state index contributed by atoms with van der Waals surface area (Å²) in [6, 6.07) is 3.22. The van der Waals surface area contributed by atoms with Crippen molar-refractivity contribution in [1.29, 1.82) is 0 Å². The fraction of sp³-hybridized carbons (Fsp3) is 0.417. The standard InChI is InChI=1S/C12H13FN2O4/c13-9-3-4-10(15(18)19)11(6-9)14-5-1-2-8(7-14)12(16)17/h3-4,6,8H,1-2,5,7H2,(H,16,17). The quantitative estimate of drug-likeness (QED) is 0.669. The van der Waals surface area contributed by atoms with Crippen molar-refractivity contribution in [2.75, 3.05) is 18.0 Å². The minimum Gasteiger partial charge on any atom is -0.481 e. The van der Waals surface area contributed by atoms with Crippen LogP contribution in [0.5, 0.6) is 0 Å². The van der Waals surface area contributed by atoms with E-state index in [0.29, 0.717) is 19.4 Å². The number of halogens is 1. The van der Waals surface area contributed by atoms with Crippen molar-refractivity contribution in [1.82, 2.24) is 0 Å². The molecule has 0 aliphatic carbocycles. The molecular weight excluding hydrogens is 255 g/mol. The number of carboxylic acid groups (broad SMARTS) is 1. The molecule has 1 aliphatic heterocycles. The van der Waals surface area contributed by atoms with E-state index in [2.05, 4.69) is 0 Å². The molecule has 7 heteroatoms. The van der Waals surface area contributed by atoms with Crippen molar-refractivity contribution in [3.63, 3.8) is 0 Å². The molecule has 1 fully saturated rings. The Morgan fingerprint density at radius 2 is 2.26 bits per heavy atom. The SMILES string of the molecule is O=C(O)C1CCCN(c2cc(F)ccc2[N+](=O)[O-])C1. The first-order chi connectivity index (χ1) is 8.99. The predicted molar refractivity (Wildman–Crippen MR) is 65.6 cm³/mol. The van der Waals surface area contributed by atoms with Gasteiger partial charge in [-0.05, 0) is 18.9 Å². The summed E-state index contributed by atoms with van der Waals surface area (Å²) in [4.78, 5) is 22.9. The van der Waals surface area contributed by atoms with Crippen LogP contribution in [-0.4, -0.2) is 29.1 Å². The monoisotopic (exact) mass is 268 g/mol. The third-order valence-corrected chi connectivity index (χ3v) is 3.25. The van der Waals surface area contributed by atoms with Gasteiger partial charge >= 0.3 is 5.97 Å². The maximum Gasteiger partial charge on any atom is 0.308 e. The van der Waals surface area contributed by atoms with Crippen LogP contribution in [0.4, 0.5) is 15.8 Å². The van der Waals surface area contributed by atoms with Crippen molar-refractivity contribution < 1.29 is 19.2 Å². The Bertz CT molecular complexity index is 520. The lowest BCUT2D eigenvalue weighted by Crippen LogP contribution is -2.39. The van der Waals surface area contributed by atoms with E-state index in [-0.39, 0.29) is 17.9 Å². The number of nitrogens with zero attached hydrogens (tertiary/aromatic N) is 2. The Morgan fingerprint density at radius 1 is 1.53 bits per heavy atom. The van der Waals surface area contributed by atoms with E-state index in [1.807, 2.05) is 0 Å². The fourth-order valence-corrected chi connectivity index (χ4v) is 2.30. The Balaban J connectivity index is 2.32. The third kappa shape index (κ3) is 2.81. The number of anilines is 1. The van der Waals surface area contributed by atoms with E-state index in [0.717, 1.165) is 18.2 Å². The molecule has 0 radical (unpaired) electrons. The Labute approximate surface area is 108 Å². The normalized spacial score (nSPS) is 19.2. The van der Waals surface area contributed by atoms with Crippen LogP contribution < -0.4 is 4.90 Å². The van der Waals surface area contributed by atoms with Gasteiger partial charge in [0.15, 0.2) is 0 Å². The third-order valence-electron chi connectivity index (χ3n) is 3.25. The second-order valence-electron chi connectivity index (χ2n) is 4.51. The molecule has 0 spiro atoms. The van der Waals surface area contributed by atoms with Crippen LogP contribution in [0.3, 0.4) is 0 Å². The van der Waals surface area contributed by atoms with E-state index in [1.165, 1.54) is 0 Å². The molecule has 0 amide bonds. The molecule has 0 saturated carbocycles. The minimum absolute atomic E-state index is 0.149. The highest BCUT2D eigenvalue weighted by Crippen LogP contribution is 2.32. The van der Waals surface area contributed by atoms with Gasteiger partial charge in [-0.2, -0.15) is 0 Å². The molecule has 19 heavy (non-hydrogen) atoms. The number of nitro groups is 1. The number of rotatable bonds is 3. The summed E-state index contributed by atoms with van der Waals surface area (Å²) in [7, 11) is 0. The summed E-state index contributed by atoms with van der Waals surface area (Å²) in [5, 5.41) is 19.9. The lowest BCUT2D eigenvalue weighted by atomic mass is 9.97. The summed E-state index contributed by atoms with van der Waals surface area (Å²) in [5.74, 6) is -2.07. The highest BCUT2D eigenvalue weighted by Gasteiger charge is 2.29. The number of piperidine rings is 1. The van der Waals surface area contributed by atoms with Crippen LogP contribution in [0.2, 0.25) is 0 Å². The number of carboxylic acids is 1. The van der Waals surface area contributed by atoms with Crippen LogP contribution in [0.15, 0.2) is 18.2 Å². The largest absolute Gasteiger partial charge is 0.481 e. The van der Waals surface area contributed by atoms with Crippen LogP contribution in [0.1, 0.15) is 12.8 Å². The smallest absolute Gasteiger partial charge is 0.308 e. The second kappa shape index (κ2) is 5.21. The molecule has 1 atom stereocenters. The maximum atomic E-state index is 13.3. The van der Waals surface area contributed by atoms with Crippen LogP contribution in [-0.2, 0) is 4.79 Å². The zero-order chi connectivity index (χ0) is 14.0. The summed E-state index contributed by atoms with van der Waals surface area (Å²) in [5.41, 5.74) is -0.0524. The van der Waals surface area contributed by atoms with Crippen molar-refractivity contribution >= 4 is 17.3 Å². The van der Waals surface area contributed by atoms with Gasteiger partial charge in [0, 0.05) is 25.2 Å². The zero-order valence-corrected chi connectivity index (χ0v) is 10.1. The highest BCUT2D eigenvalue weighted by molar-refractivity contribution is 5.72. The molecule has 1 heterocycles. The molecule has 1 aromatic rings. The van der Waals surface area contributed by atoms with Crippen molar-refractivity contribution in [3.8, 4) is 0 Å². The predicted octanol–water partition coefficient (Wildman–Crippen LogP) is 2.03. The van der Waals surface area contributed by atoms with Crippen LogP contribution >= 0.6 is 0 Å². The summed E-state index contributed by atoms with van der Waals surface area (Å²) in [6.45, 7) is 0.660. The van der Waals surface area contributed by atoms with Gasteiger partial charge in [0.25, 0.3) is 5.69 Å². The highest BCUT2D eigenvalue weighted by atomic mass is 19.1. The summed E-state index contributed by atoms with van der Waals surface area (Å²) < 4.78 is 13.3. The van der Waals surface area contributed by atoms with Gasteiger partial charge in [-0.3, -0.25) is 14.9 Å². The molecule has 1 N–H and O–H groups in total.